The maximum Gasteiger partial charge on any atom is 0.326 e. The third kappa shape index (κ3) is 5.35. The van der Waals surface area contributed by atoms with Gasteiger partial charge in [-0.05, 0) is 37.1 Å². The van der Waals surface area contributed by atoms with Crippen LogP contribution in [0.2, 0.25) is 0 Å². The van der Waals surface area contributed by atoms with E-state index in [0.29, 0.717) is 5.69 Å². The molecule has 0 aliphatic rings. The number of anilines is 1. The van der Waals surface area contributed by atoms with Crippen molar-refractivity contribution in [2.24, 2.45) is 0 Å². The molecule has 0 radical (unpaired) electrons. The van der Waals surface area contributed by atoms with Crippen LogP contribution in [-0.2, 0) is 9.53 Å². The normalized spacial score (nSPS) is 11.8. The summed E-state index contributed by atoms with van der Waals surface area (Å²) in [4.78, 5) is 22.9. The molecule has 1 aromatic rings. The zero-order chi connectivity index (χ0) is 16.0. The van der Waals surface area contributed by atoms with Gasteiger partial charge in [-0.1, -0.05) is 15.9 Å². The fourth-order valence-electron chi connectivity index (χ4n) is 1.84. The summed E-state index contributed by atoms with van der Waals surface area (Å²) in [6.45, 7) is 4.09. The van der Waals surface area contributed by atoms with Crippen LogP contribution in [0, 0.1) is 13.8 Å². The topological polar surface area (TPSA) is 87.7 Å². The van der Waals surface area contributed by atoms with Crippen molar-refractivity contribution >= 4 is 33.6 Å². The number of benzene rings is 1. The smallest absolute Gasteiger partial charge is 0.326 e. The summed E-state index contributed by atoms with van der Waals surface area (Å²) in [5, 5.41) is 14.1. The van der Waals surface area contributed by atoms with E-state index in [9.17, 15) is 9.59 Å². The molecule has 7 heteroatoms. The fourth-order valence-corrected chi connectivity index (χ4v) is 2.07. The van der Waals surface area contributed by atoms with Gasteiger partial charge >= 0.3 is 12.0 Å². The highest BCUT2D eigenvalue weighted by molar-refractivity contribution is 9.10. The molecular weight excluding hydrogens is 340 g/mol. The number of carbonyl (C=O) groups is 2. The summed E-state index contributed by atoms with van der Waals surface area (Å²) >= 11 is 3.45. The number of aliphatic carboxylic acids is 1. The van der Waals surface area contributed by atoms with E-state index in [-0.39, 0.29) is 13.0 Å². The molecule has 0 aromatic heterocycles. The van der Waals surface area contributed by atoms with Crippen LogP contribution in [0.25, 0.3) is 0 Å². The van der Waals surface area contributed by atoms with Gasteiger partial charge in [0.1, 0.15) is 6.04 Å². The van der Waals surface area contributed by atoms with Crippen LogP contribution in [0.4, 0.5) is 10.5 Å². The number of rotatable bonds is 6. The molecule has 0 saturated heterocycles. The number of carboxylic acid groups (broad SMARTS) is 1. The molecule has 0 saturated carbocycles. The van der Waals surface area contributed by atoms with Gasteiger partial charge in [-0.15, -0.1) is 0 Å². The number of hydrogen-bond donors (Lipinski definition) is 3. The van der Waals surface area contributed by atoms with E-state index in [0.717, 1.165) is 15.6 Å². The second kappa shape index (κ2) is 7.99. The van der Waals surface area contributed by atoms with E-state index in [2.05, 4.69) is 26.6 Å². The second-order valence-electron chi connectivity index (χ2n) is 4.69. The first kappa shape index (κ1) is 17.5. The number of amides is 2. The molecule has 1 rings (SSSR count). The van der Waals surface area contributed by atoms with E-state index in [4.69, 9.17) is 9.84 Å². The molecule has 0 aliphatic carbocycles. The molecule has 0 heterocycles. The number of halogens is 1. The van der Waals surface area contributed by atoms with Crippen LogP contribution in [0.5, 0.6) is 0 Å². The van der Waals surface area contributed by atoms with Crippen molar-refractivity contribution in [3.8, 4) is 0 Å². The van der Waals surface area contributed by atoms with Crippen molar-refractivity contribution in [1.29, 1.82) is 0 Å². The number of methoxy groups -OCH3 is 1. The highest BCUT2D eigenvalue weighted by Gasteiger charge is 2.19. The molecule has 2 amide bonds. The SMILES string of the molecule is COCCC(NC(=O)Nc1cc(C)c(Br)c(C)c1)C(=O)O. The lowest BCUT2D eigenvalue weighted by Crippen LogP contribution is -2.43. The van der Waals surface area contributed by atoms with E-state index in [1.807, 2.05) is 26.0 Å². The summed E-state index contributed by atoms with van der Waals surface area (Å²) in [6, 6.07) is 2.07. The quantitative estimate of drug-likeness (QED) is 0.729. The molecular formula is C14H19BrN2O4. The van der Waals surface area contributed by atoms with Crippen molar-refractivity contribution in [3.63, 3.8) is 0 Å². The fraction of sp³-hybridized carbons (Fsp3) is 0.429. The van der Waals surface area contributed by atoms with Gasteiger partial charge in [-0.2, -0.15) is 0 Å². The Hall–Kier alpha value is -1.60. The summed E-state index contributed by atoms with van der Waals surface area (Å²) in [6.07, 6.45) is 0.206. The highest BCUT2D eigenvalue weighted by atomic mass is 79.9. The highest BCUT2D eigenvalue weighted by Crippen LogP contribution is 2.24. The van der Waals surface area contributed by atoms with Crippen LogP contribution < -0.4 is 10.6 Å². The molecule has 21 heavy (non-hydrogen) atoms. The molecule has 0 bridgehead atoms. The average molecular weight is 359 g/mol. The lowest BCUT2D eigenvalue weighted by atomic mass is 10.1. The van der Waals surface area contributed by atoms with Crippen LogP contribution in [0.15, 0.2) is 16.6 Å². The second-order valence-corrected chi connectivity index (χ2v) is 5.49. The Morgan fingerprint density at radius 2 is 1.90 bits per heavy atom. The first-order chi connectivity index (χ1) is 9.85. The van der Waals surface area contributed by atoms with Crippen molar-refractivity contribution in [1.82, 2.24) is 5.32 Å². The van der Waals surface area contributed by atoms with Gasteiger partial charge in [0, 0.05) is 30.3 Å². The van der Waals surface area contributed by atoms with E-state index >= 15 is 0 Å². The molecule has 1 aromatic carbocycles. The molecule has 116 valence electrons. The molecule has 0 spiro atoms. The molecule has 1 unspecified atom stereocenters. The zero-order valence-corrected chi connectivity index (χ0v) is 13.8. The number of carboxylic acids is 1. The number of nitrogens with one attached hydrogen (secondary N) is 2. The maximum absolute atomic E-state index is 11.9. The zero-order valence-electron chi connectivity index (χ0n) is 12.2. The third-order valence-corrected chi connectivity index (χ3v) is 4.16. The predicted molar refractivity (Wildman–Crippen MR) is 83.7 cm³/mol. The molecule has 0 aliphatic heterocycles. The minimum Gasteiger partial charge on any atom is -0.480 e. The van der Waals surface area contributed by atoms with Crippen molar-refractivity contribution in [3.05, 3.63) is 27.7 Å². The van der Waals surface area contributed by atoms with E-state index in [1.165, 1.54) is 7.11 Å². The van der Waals surface area contributed by atoms with Crippen LogP contribution in [0.3, 0.4) is 0 Å². The summed E-state index contributed by atoms with van der Waals surface area (Å²) < 4.78 is 5.81. The van der Waals surface area contributed by atoms with Gasteiger partial charge in [0.05, 0.1) is 0 Å². The largest absolute Gasteiger partial charge is 0.480 e. The van der Waals surface area contributed by atoms with Crippen LogP contribution in [-0.4, -0.2) is 36.9 Å². The number of urea groups is 1. The van der Waals surface area contributed by atoms with Crippen molar-refractivity contribution in [2.75, 3.05) is 19.0 Å². The molecule has 3 N–H and O–H groups in total. The molecule has 0 fully saturated rings. The predicted octanol–water partition coefficient (Wildman–Crippen LogP) is 2.68. The molecule has 6 nitrogen and oxygen atoms in total. The number of carbonyl (C=O) groups excluding carboxylic acids is 1. The van der Waals surface area contributed by atoms with Gasteiger partial charge in [0.25, 0.3) is 0 Å². The van der Waals surface area contributed by atoms with Gasteiger partial charge in [-0.3, -0.25) is 0 Å². The van der Waals surface area contributed by atoms with Crippen molar-refractivity contribution < 1.29 is 19.4 Å². The Balaban J connectivity index is 2.70. The Bertz CT molecular complexity index is 511. The van der Waals surface area contributed by atoms with Gasteiger partial charge < -0.3 is 20.5 Å². The number of ether oxygens (including phenoxy) is 1. The monoisotopic (exact) mass is 358 g/mol. The van der Waals surface area contributed by atoms with Crippen molar-refractivity contribution in [2.45, 2.75) is 26.3 Å². The van der Waals surface area contributed by atoms with Gasteiger partial charge in [0.2, 0.25) is 0 Å². The third-order valence-electron chi connectivity index (χ3n) is 2.91. The van der Waals surface area contributed by atoms with Crippen LogP contribution in [0.1, 0.15) is 17.5 Å². The van der Waals surface area contributed by atoms with E-state index in [1.54, 1.807) is 0 Å². The summed E-state index contributed by atoms with van der Waals surface area (Å²) in [5.74, 6) is -1.09. The van der Waals surface area contributed by atoms with Gasteiger partial charge in [0.15, 0.2) is 0 Å². The Labute approximate surface area is 132 Å². The number of hydrogen-bond acceptors (Lipinski definition) is 3. The Morgan fingerprint density at radius 1 is 1.33 bits per heavy atom. The Morgan fingerprint density at radius 3 is 2.38 bits per heavy atom. The average Bonchev–Trinajstić information content (AvgIpc) is 2.40. The summed E-state index contributed by atoms with van der Waals surface area (Å²) in [5.41, 5.74) is 2.58. The minimum absolute atomic E-state index is 0.206. The summed E-state index contributed by atoms with van der Waals surface area (Å²) in [7, 11) is 1.48. The van der Waals surface area contributed by atoms with Gasteiger partial charge in [-0.25, -0.2) is 9.59 Å². The first-order valence-electron chi connectivity index (χ1n) is 6.41. The lowest BCUT2D eigenvalue weighted by molar-refractivity contribution is -0.139. The Kier molecular flexibility index (Phi) is 6.64. The minimum atomic E-state index is -1.09. The maximum atomic E-state index is 11.9. The lowest BCUT2D eigenvalue weighted by Gasteiger charge is -2.15. The first-order valence-corrected chi connectivity index (χ1v) is 7.20. The van der Waals surface area contributed by atoms with E-state index < -0.39 is 18.0 Å². The molecule has 1 atom stereocenters. The standard InChI is InChI=1S/C14H19BrN2O4/c1-8-6-10(7-9(2)12(8)15)16-14(20)17-11(13(18)19)4-5-21-3/h6-7,11H,4-5H2,1-3H3,(H,18,19)(H2,16,17,20). The van der Waals surface area contributed by atoms with Crippen LogP contribution >= 0.6 is 15.9 Å². The number of aryl methyl sites for hydroxylation is 2.